The number of carbonyl (C=O) groups excluding carboxylic acids is 1. The van der Waals surface area contributed by atoms with Crippen molar-refractivity contribution in [1.29, 1.82) is 0 Å². The van der Waals surface area contributed by atoms with E-state index in [0.29, 0.717) is 13.0 Å². The van der Waals surface area contributed by atoms with Crippen LogP contribution in [0.25, 0.3) is 0 Å². The molecule has 4 heteroatoms. The van der Waals surface area contributed by atoms with E-state index in [1.807, 2.05) is 30.1 Å². The van der Waals surface area contributed by atoms with Crippen molar-refractivity contribution >= 4 is 17.2 Å². The molecule has 1 aromatic carbocycles. The number of hydrogen-bond donors (Lipinski definition) is 1. The van der Waals surface area contributed by atoms with Crippen LogP contribution < -0.4 is 5.32 Å². The van der Waals surface area contributed by atoms with Crippen LogP contribution in [0.2, 0.25) is 0 Å². The Labute approximate surface area is 137 Å². The predicted molar refractivity (Wildman–Crippen MR) is 93.2 cm³/mol. The molecular formula is C18H24N2OS. The van der Waals surface area contributed by atoms with Crippen molar-refractivity contribution in [3.8, 4) is 0 Å². The Hall–Kier alpha value is -1.65. The quantitative estimate of drug-likeness (QED) is 0.811. The molecule has 0 saturated carbocycles. The van der Waals surface area contributed by atoms with Crippen LogP contribution in [0.1, 0.15) is 21.7 Å². The van der Waals surface area contributed by atoms with Gasteiger partial charge in [0.05, 0.1) is 6.54 Å². The number of rotatable bonds is 8. The summed E-state index contributed by atoms with van der Waals surface area (Å²) < 4.78 is 0. The Morgan fingerprint density at radius 3 is 2.59 bits per heavy atom. The first-order chi connectivity index (χ1) is 10.7. The molecule has 1 amide bonds. The van der Waals surface area contributed by atoms with Crippen LogP contribution in [0.15, 0.2) is 42.5 Å². The molecule has 0 unspecified atom stereocenters. The Bertz CT molecular complexity index is 580. The fourth-order valence-electron chi connectivity index (χ4n) is 2.35. The molecule has 1 N–H and O–H groups in total. The maximum atomic E-state index is 12.4. The minimum Gasteiger partial charge on any atom is -0.337 e. The van der Waals surface area contributed by atoms with Gasteiger partial charge >= 0.3 is 0 Å². The first-order valence-corrected chi connectivity index (χ1v) is 8.52. The predicted octanol–water partition coefficient (Wildman–Crippen LogP) is 3.24. The highest BCUT2D eigenvalue weighted by atomic mass is 32.1. The molecule has 0 atom stereocenters. The zero-order valence-electron chi connectivity index (χ0n) is 13.3. The normalized spacial score (nSPS) is 10.6. The molecule has 2 rings (SSSR count). The average molecular weight is 316 g/mol. The third-order valence-electron chi connectivity index (χ3n) is 3.60. The third-order valence-corrected chi connectivity index (χ3v) is 4.58. The minimum atomic E-state index is 0.219. The second-order valence-corrected chi connectivity index (χ2v) is 6.79. The molecular weight excluding hydrogens is 292 g/mol. The molecule has 22 heavy (non-hydrogen) atoms. The van der Waals surface area contributed by atoms with E-state index in [2.05, 4.69) is 36.5 Å². The number of amides is 1. The van der Waals surface area contributed by atoms with Crippen molar-refractivity contribution in [1.82, 2.24) is 10.2 Å². The van der Waals surface area contributed by atoms with Crippen molar-refractivity contribution < 1.29 is 4.79 Å². The number of thiophene rings is 1. The number of benzene rings is 1. The van der Waals surface area contributed by atoms with Crippen LogP contribution in [0.5, 0.6) is 0 Å². The van der Waals surface area contributed by atoms with Gasteiger partial charge in [0.25, 0.3) is 0 Å². The second-order valence-electron chi connectivity index (χ2n) is 5.42. The van der Waals surface area contributed by atoms with Gasteiger partial charge in [-0.05, 0) is 38.1 Å². The fourth-order valence-corrected chi connectivity index (χ4v) is 3.26. The van der Waals surface area contributed by atoms with Crippen molar-refractivity contribution in [3.63, 3.8) is 0 Å². The van der Waals surface area contributed by atoms with Crippen molar-refractivity contribution in [3.05, 3.63) is 57.8 Å². The van der Waals surface area contributed by atoms with Crippen molar-refractivity contribution in [2.24, 2.45) is 0 Å². The lowest BCUT2D eigenvalue weighted by atomic mass is 10.1. The molecule has 118 valence electrons. The molecule has 0 aliphatic rings. The van der Waals surface area contributed by atoms with E-state index in [9.17, 15) is 4.79 Å². The van der Waals surface area contributed by atoms with E-state index in [-0.39, 0.29) is 5.91 Å². The van der Waals surface area contributed by atoms with Gasteiger partial charge in [0.1, 0.15) is 0 Å². The van der Waals surface area contributed by atoms with Gasteiger partial charge in [-0.2, -0.15) is 0 Å². The SMILES string of the molecule is CNCCC(=O)N(CCc1ccccc1)Cc1ccc(C)s1. The van der Waals surface area contributed by atoms with Crippen molar-refractivity contribution in [2.45, 2.75) is 26.3 Å². The highest BCUT2D eigenvalue weighted by molar-refractivity contribution is 7.11. The number of nitrogens with zero attached hydrogens (tertiary/aromatic N) is 1. The standard InChI is InChI=1S/C18H24N2OS/c1-15-8-9-17(22-15)14-20(18(21)10-12-19-2)13-11-16-6-4-3-5-7-16/h3-9,19H,10-14H2,1-2H3. The Morgan fingerprint density at radius 1 is 1.18 bits per heavy atom. The van der Waals surface area contributed by atoms with Crippen LogP contribution in [-0.4, -0.2) is 30.9 Å². The number of carbonyl (C=O) groups is 1. The van der Waals surface area contributed by atoms with Crippen LogP contribution in [0, 0.1) is 6.92 Å². The van der Waals surface area contributed by atoms with Crippen molar-refractivity contribution in [2.75, 3.05) is 20.1 Å². The first kappa shape index (κ1) is 16.7. The molecule has 0 aliphatic carbocycles. The summed E-state index contributed by atoms with van der Waals surface area (Å²) in [5.74, 6) is 0.219. The summed E-state index contributed by atoms with van der Waals surface area (Å²) in [7, 11) is 1.88. The summed E-state index contributed by atoms with van der Waals surface area (Å²) in [6.45, 7) is 4.31. The van der Waals surface area contributed by atoms with E-state index < -0.39 is 0 Å². The largest absolute Gasteiger partial charge is 0.337 e. The van der Waals surface area contributed by atoms with E-state index in [4.69, 9.17) is 0 Å². The summed E-state index contributed by atoms with van der Waals surface area (Å²) in [6.07, 6.45) is 1.45. The number of hydrogen-bond acceptors (Lipinski definition) is 3. The van der Waals surface area contributed by atoms with Gasteiger partial charge in [0.2, 0.25) is 5.91 Å². The average Bonchev–Trinajstić information content (AvgIpc) is 2.95. The monoisotopic (exact) mass is 316 g/mol. The lowest BCUT2D eigenvalue weighted by molar-refractivity contribution is -0.131. The molecule has 0 saturated heterocycles. The van der Waals surface area contributed by atoms with Gasteiger partial charge in [0, 0.05) is 29.3 Å². The molecule has 0 fully saturated rings. The van der Waals surface area contributed by atoms with Crippen LogP contribution >= 0.6 is 11.3 Å². The summed E-state index contributed by atoms with van der Waals surface area (Å²) in [5.41, 5.74) is 1.27. The minimum absolute atomic E-state index is 0.219. The first-order valence-electron chi connectivity index (χ1n) is 7.70. The van der Waals surface area contributed by atoms with E-state index >= 15 is 0 Å². The van der Waals surface area contributed by atoms with Crippen LogP contribution in [0.4, 0.5) is 0 Å². The molecule has 0 radical (unpaired) electrons. The van der Waals surface area contributed by atoms with Crippen LogP contribution in [-0.2, 0) is 17.8 Å². The van der Waals surface area contributed by atoms with Gasteiger partial charge in [0.15, 0.2) is 0 Å². The van der Waals surface area contributed by atoms with E-state index in [1.165, 1.54) is 15.3 Å². The summed E-state index contributed by atoms with van der Waals surface area (Å²) in [4.78, 5) is 17.0. The maximum absolute atomic E-state index is 12.4. The Morgan fingerprint density at radius 2 is 1.95 bits per heavy atom. The topological polar surface area (TPSA) is 32.3 Å². The van der Waals surface area contributed by atoms with Crippen LogP contribution in [0.3, 0.4) is 0 Å². The highest BCUT2D eigenvalue weighted by Gasteiger charge is 2.14. The van der Waals surface area contributed by atoms with Gasteiger partial charge in [-0.15, -0.1) is 11.3 Å². The maximum Gasteiger partial charge on any atom is 0.224 e. The number of nitrogens with one attached hydrogen (secondary N) is 1. The smallest absolute Gasteiger partial charge is 0.224 e. The van der Waals surface area contributed by atoms with Gasteiger partial charge in [-0.25, -0.2) is 0 Å². The highest BCUT2D eigenvalue weighted by Crippen LogP contribution is 2.18. The molecule has 0 bridgehead atoms. The van der Waals surface area contributed by atoms with Gasteiger partial charge in [-0.1, -0.05) is 30.3 Å². The fraction of sp³-hybridized carbons (Fsp3) is 0.389. The molecule has 2 aromatic rings. The van der Waals surface area contributed by atoms with E-state index in [0.717, 1.165) is 19.5 Å². The molecule has 1 heterocycles. The summed E-state index contributed by atoms with van der Waals surface area (Å²) in [5, 5.41) is 3.05. The Kier molecular flexibility index (Phi) is 6.62. The number of aryl methyl sites for hydroxylation is 1. The second kappa shape index (κ2) is 8.71. The van der Waals surface area contributed by atoms with Gasteiger partial charge < -0.3 is 10.2 Å². The third kappa shape index (κ3) is 5.28. The Balaban J connectivity index is 1.98. The summed E-state index contributed by atoms with van der Waals surface area (Å²) >= 11 is 1.77. The molecule has 0 spiro atoms. The molecule has 3 nitrogen and oxygen atoms in total. The van der Waals surface area contributed by atoms with E-state index in [1.54, 1.807) is 11.3 Å². The molecule has 0 aliphatic heterocycles. The zero-order chi connectivity index (χ0) is 15.8. The lowest BCUT2D eigenvalue weighted by Crippen LogP contribution is -2.33. The zero-order valence-corrected chi connectivity index (χ0v) is 14.2. The summed E-state index contributed by atoms with van der Waals surface area (Å²) in [6, 6.07) is 14.6. The lowest BCUT2D eigenvalue weighted by Gasteiger charge is -2.22. The van der Waals surface area contributed by atoms with Gasteiger partial charge in [-0.3, -0.25) is 4.79 Å². The molecule has 1 aromatic heterocycles.